The Morgan fingerprint density at radius 3 is 2.39 bits per heavy atom. The van der Waals surface area contributed by atoms with Crippen molar-refractivity contribution in [2.75, 3.05) is 33.0 Å². The minimum Gasteiger partial charge on any atom is -0.527 e. The van der Waals surface area contributed by atoms with Crippen molar-refractivity contribution < 1.29 is 28.2 Å². The Morgan fingerprint density at radius 2 is 1.78 bits per heavy atom. The molecule has 6 nitrogen and oxygen atoms in total. The predicted molar refractivity (Wildman–Crippen MR) is 68.1 cm³/mol. The summed E-state index contributed by atoms with van der Waals surface area (Å²) in [5.41, 5.74) is 0.384. The van der Waals surface area contributed by atoms with Crippen LogP contribution in [0.25, 0.3) is 0 Å². The molecule has 0 saturated heterocycles. The summed E-state index contributed by atoms with van der Waals surface area (Å²) in [4.78, 5) is 21.7. The number of hydrogen-bond acceptors (Lipinski definition) is 6. The normalized spacial score (nSPS) is 10.1. The number of esters is 1. The van der Waals surface area contributed by atoms with Crippen molar-refractivity contribution in [2.24, 2.45) is 0 Å². The van der Waals surface area contributed by atoms with Crippen LogP contribution in [0.3, 0.4) is 0 Å². The summed E-state index contributed by atoms with van der Waals surface area (Å²) in [6.07, 6.45) is 0.613. The lowest BCUT2D eigenvalue weighted by molar-refractivity contribution is -0.139. The Labute approximate surface area is 110 Å². The lowest BCUT2D eigenvalue weighted by Crippen LogP contribution is -2.14. The van der Waals surface area contributed by atoms with Crippen LogP contribution in [0.5, 0.6) is 0 Å². The molecule has 0 atom stereocenters. The van der Waals surface area contributed by atoms with Gasteiger partial charge in [0, 0.05) is 18.6 Å². The van der Waals surface area contributed by atoms with E-state index in [1.807, 2.05) is 0 Å². The van der Waals surface area contributed by atoms with Crippen molar-refractivity contribution in [3.8, 4) is 0 Å². The molecule has 0 amide bonds. The van der Waals surface area contributed by atoms with E-state index in [-0.39, 0.29) is 18.5 Å². The fraction of sp³-hybridized carbons (Fsp3) is 0.636. The molecular weight excluding hydrogens is 256 g/mol. The third-order valence-electron chi connectivity index (χ3n) is 1.83. The SMILES string of the molecule is C=C(C)C(=O)OCCCOCCOCC(=O)O[SiH3]. The maximum Gasteiger partial charge on any atom is 0.333 e. The highest BCUT2D eigenvalue weighted by molar-refractivity contribution is 6.05. The molecule has 0 aromatic rings. The zero-order chi connectivity index (χ0) is 13.8. The molecule has 104 valence electrons. The van der Waals surface area contributed by atoms with Gasteiger partial charge in [0.15, 0.2) is 0 Å². The van der Waals surface area contributed by atoms with Crippen LogP contribution in [-0.4, -0.2) is 55.5 Å². The van der Waals surface area contributed by atoms with Crippen molar-refractivity contribution in [2.45, 2.75) is 13.3 Å². The van der Waals surface area contributed by atoms with Gasteiger partial charge in [-0.1, -0.05) is 6.58 Å². The van der Waals surface area contributed by atoms with Crippen LogP contribution in [0.4, 0.5) is 0 Å². The summed E-state index contributed by atoms with van der Waals surface area (Å²) >= 11 is 0. The van der Waals surface area contributed by atoms with Gasteiger partial charge in [-0.2, -0.15) is 0 Å². The van der Waals surface area contributed by atoms with Crippen molar-refractivity contribution in [3.63, 3.8) is 0 Å². The zero-order valence-electron chi connectivity index (χ0n) is 10.9. The second-order valence-electron chi connectivity index (χ2n) is 3.51. The first-order valence-corrected chi connectivity index (χ1v) is 6.44. The van der Waals surface area contributed by atoms with E-state index in [0.29, 0.717) is 48.9 Å². The van der Waals surface area contributed by atoms with Gasteiger partial charge in [0.05, 0.1) is 19.8 Å². The van der Waals surface area contributed by atoms with Crippen LogP contribution in [0, 0.1) is 0 Å². The lowest BCUT2D eigenvalue weighted by Gasteiger charge is -2.06. The number of hydrogen-bond donors (Lipinski definition) is 0. The van der Waals surface area contributed by atoms with Crippen molar-refractivity contribution >= 4 is 22.4 Å². The molecule has 0 radical (unpaired) electrons. The fourth-order valence-electron chi connectivity index (χ4n) is 0.883. The van der Waals surface area contributed by atoms with Crippen LogP contribution < -0.4 is 0 Å². The van der Waals surface area contributed by atoms with Crippen LogP contribution in [0.15, 0.2) is 12.2 Å². The molecule has 18 heavy (non-hydrogen) atoms. The van der Waals surface area contributed by atoms with Gasteiger partial charge >= 0.3 is 11.9 Å². The van der Waals surface area contributed by atoms with Crippen molar-refractivity contribution in [1.29, 1.82) is 0 Å². The molecule has 0 aromatic heterocycles. The highest BCUT2D eigenvalue weighted by atomic mass is 28.2. The van der Waals surface area contributed by atoms with Gasteiger partial charge in [-0.05, 0) is 6.92 Å². The van der Waals surface area contributed by atoms with E-state index >= 15 is 0 Å². The molecule has 0 heterocycles. The first-order valence-electron chi connectivity index (χ1n) is 5.63. The average Bonchev–Trinajstić information content (AvgIpc) is 2.35. The zero-order valence-corrected chi connectivity index (χ0v) is 12.9. The number of rotatable bonds is 10. The first kappa shape index (κ1) is 16.8. The summed E-state index contributed by atoms with van der Waals surface area (Å²) < 4.78 is 19.6. The Balaban J connectivity index is 3.19. The van der Waals surface area contributed by atoms with Crippen LogP contribution in [0.2, 0.25) is 0 Å². The largest absolute Gasteiger partial charge is 0.527 e. The van der Waals surface area contributed by atoms with Gasteiger partial charge in [-0.3, -0.25) is 4.79 Å². The summed E-state index contributed by atoms with van der Waals surface area (Å²) in [6, 6.07) is 0. The van der Waals surface area contributed by atoms with E-state index in [1.165, 1.54) is 0 Å². The predicted octanol–water partition coefficient (Wildman–Crippen LogP) is -0.647. The maximum atomic E-state index is 11.0. The molecular formula is C11H20O6Si. The van der Waals surface area contributed by atoms with Gasteiger partial charge in [0.1, 0.15) is 6.61 Å². The minimum absolute atomic E-state index is 0.0386. The second-order valence-corrected chi connectivity index (χ2v) is 3.92. The van der Waals surface area contributed by atoms with E-state index in [2.05, 4.69) is 11.0 Å². The smallest absolute Gasteiger partial charge is 0.333 e. The summed E-state index contributed by atoms with van der Waals surface area (Å²) in [5, 5.41) is 0. The molecule has 0 rings (SSSR count). The van der Waals surface area contributed by atoms with Gasteiger partial charge in [-0.15, -0.1) is 0 Å². The van der Waals surface area contributed by atoms with Gasteiger partial charge < -0.3 is 18.6 Å². The molecule has 0 aliphatic rings. The van der Waals surface area contributed by atoms with Crippen molar-refractivity contribution in [1.82, 2.24) is 0 Å². The van der Waals surface area contributed by atoms with E-state index < -0.39 is 0 Å². The Morgan fingerprint density at radius 1 is 1.11 bits per heavy atom. The van der Waals surface area contributed by atoms with E-state index in [4.69, 9.17) is 14.2 Å². The Hall–Kier alpha value is -1.18. The second kappa shape index (κ2) is 10.9. The molecule has 0 fully saturated rings. The van der Waals surface area contributed by atoms with Crippen LogP contribution >= 0.6 is 0 Å². The monoisotopic (exact) mass is 276 g/mol. The third-order valence-corrected chi connectivity index (χ3v) is 2.29. The molecule has 0 bridgehead atoms. The average molecular weight is 276 g/mol. The van der Waals surface area contributed by atoms with E-state index in [9.17, 15) is 9.59 Å². The summed E-state index contributed by atoms with van der Waals surface area (Å²) in [7, 11) is 0.382. The number of ether oxygens (including phenoxy) is 3. The van der Waals surface area contributed by atoms with E-state index in [0.717, 1.165) is 0 Å². The van der Waals surface area contributed by atoms with Crippen LogP contribution in [0.1, 0.15) is 13.3 Å². The van der Waals surface area contributed by atoms with Gasteiger partial charge in [0.2, 0.25) is 10.5 Å². The molecule has 0 saturated carbocycles. The number of carbonyl (C=O) groups excluding carboxylic acids is 2. The maximum absolute atomic E-state index is 11.0. The third kappa shape index (κ3) is 10.0. The topological polar surface area (TPSA) is 71.1 Å². The number of carbonyl (C=O) groups is 2. The van der Waals surface area contributed by atoms with Crippen molar-refractivity contribution in [3.05, 3.63) is 12.2 Å². The minimum atomic E-state index is -0.389. The molecule has 0 spiro atoms. The fourth-order valence-corrected chi connectivity index (χ4v) is 1.00. The molecule has 0 N–H and O–H groups in total. The lowest BCUT2D eigenvalue weighted by atomic mass is 10.4. The molecule has 0 aliphatic heterocycles. The van der Waals surface area contributed by atoms with Gasteiger partial charge in [0.25, 0.3) is 0 Å². The first-order chi connectivity index (χ1) is 8.57. The molecule has 0 unspecified atom stereocenters. The quantitative estimate of drug-likeness (QED) is 0.229. The Bertz CT molecular complexity index is 279. The summed E-state index contributed by atoms with van der Waals surface area (Å²) in [6.45, 7) is 6.53. The highest BCUT2D eigenvalue weighted by Crippen LogP contribution is 1.93. The van der Waals surface area contributed by atoms with Gasteiger partial charge in [-0.25, -0.2) is 4.79 Å². The Kier molecular flexibility index (Phi) is 10.2. The summed E-state index contributed by atoms with van der Waals surface area (Å²) in [5.74, 6) is -0.742. The molecule has 7 heteroatoms. The standard InChI is InChI=1S/C11H20O6Si/c1-9(2)11(13)16-5-3-4-14-6-7-15-8-10(12)17-18/h1,3-8H2,2,18H3. The highest BCUT2D eigenvalue weighted by Gasteiger charge is 2.02. The van der Waals surface area contributed by atoms with E-state index in [1.54, 1.807) is 6.92 Å². The van der Waals surface area contributed by atoms with Crippen LogP contribution in [-0.2, 0) is 28.2 Å². The molecule has 0 aliphatic carbocycles. The molecule has 0 aromatic carbocycles.